The summed E-state index contributed by atoms with van der Waals surface area (Å²) in [4.78, 5) is 37.5. The second-order valence-corrected chi connectivity index (χ2v) is 7.31. The van der Waals surface area contributed by atoms with Gasteiger partial charge in [0.2, 0.25) is 11.7 Å². The van der Waals surface area contributed by atoms with Crippen LogP contribution in [0.4, 0.5) is 11.5 Å². The second kappa shape index (κ2) is 10.5. The Bertz CT molecular complexity index is 1030. The molecule has 0 spiro atoms. The number of hydrazine groups is 1. The summed E-state index contributed by atoms with van der Waals surface area (Å²) < 4.78 is 6.51. The van der Waals surface area contributed by atoms with Gasteiger partial charge in [-0.3, -0.25) is 30.3 Å². The average Bonchev–Trinajstić information content (AvgIpc) is 3.05. The third-order valence-corrected chi connectivity index (χ3v) is 5.32. The highest BCUT2D eigenvalue weighted by atomic mass is 32.2. The monoisotopic (exact) mass is 469 g/mol. The van der Waals surface area contributed by atoms with E-state index in [1.165, 1.54) is 23.8 Å². The third-order valence-electron chi connectivity index (χ3n) is 3.93. The molecule has 0 unspecified atom stereocenters. The van der Waals surface area contributed by atoms with Crippen LogP contribution in [-0.2, 0) is 11.3 Å². The number of benzene rings is 1. The van der Waals surface area contributed by atoms with E-state index in [9.17, 15) is 25.0 Å². The first-order chi connectivity index (χ1) is 14.7. The Labute approximate surface area is 185 Å². The predicted molar refractivity (Wildman–Crippen MR) is 116 cm³/mol. The maximum atomic E-state index is 12.0. The molecule has 1 amide bonds. The zero-order valence-corrected chi connectivity index (χ0v) is 18.3. The third kappa shape index (κ3) is 6.02. The number of nitro benzene ring substituents is 1. The maximum Gasteiger partial charge on any atom is 0.396 e. The zero-order valence-electron chi connectivity index (χ0n) is 16.7. The highest BCUT2D eigenvalue weighted by Crippen LogP contribution is 2.32. The number of methoxy groups -OCH3 is 1. The van der Waals surface area contributed by atoms with Crippen LogP contribution >= 0.6 is 24.0 Å². The number of hydrogen-bond donors (Lipinski definition) is 3. The quantitative estimate of drug-likeness (QED) is 0.220. The van der Waals surface area contributed by atoms with Crippen LogP contribution in [0.15, 0.2) is 23.2 Å². The number of aryl methyl sites for hydroxylation is 1. The van der Waals surface area contributed by atoms with E-state index >= 15 is 0 Å². The molecule has 1 heterocycles. The first-order valence-electron chi connectivity index (χ1n) is 8.60. The molecule has 1 aromatic heterocycles. The molecule has 31 heavy (non-hydrogen) atoms. The van der Waals surface area contributed by atoms with E-state index in [4.69, 9.17) is 17.0 Å². The number of amides is 1. The molecule has 0 saturated heterocycles. The largest absolute Gasteiger partial charge is 0.490 e. The number of thiocarbonyl (C=S) groups is 1. The number of carbonyl (C=O) groups is 1. The van der Waals surface area contributed by atoms with Crippen LogP contribution in [0.3, 0.4) is 0 Å². The van der Waals surface area contributed by atoms with E-state index in [0.29, 0.717) is 11.4 Å². The Morgan fingerprint density at radius 2 is 2.00 bits per heavy atom. The van der Waals surface area contributed by atoms with Gasteiger partial charge < -0.3 is 20.2 Å². The van der Waals surface area contributed by atoms with Crippen molar-refractivity contribution in [3.63, 3.8) is 0 Å². The van der Waals surface area contributed by atoms with Gasteiger partial charge in [0.25, 0.3) is 0 Å². The number of hydrogen-bond acceptors (Lipinski definition) is 9. The van der Waals surface area contributed by atoms with Crippen molar-refractivity contribution in [2.75, 3.05) is 19.9 Å². The molecular weight excluding hydrogens is 450 g/mol. The summed E-state index contributed by atoms with van der Waals surface area (Å²) in [6.07, 6.45) is 0. The number of nitrogens with zero attached hydrogens (tertiary/aromatic N) is 4. The molecule has 3 N–H and O–H groups in total. The Morgan fingerprint density at radius 3 is 2.58 bits per heavy atom. The number of carbonyl (C=O) groups excluding carboxylic acids is 1. The molecule has 0 aliphatic heterocycles. The number of rotatable bonds is 8. The average molecular weight is 470 g/mol. The minimum Gasteiger partial charge on any atom is -0.490 e. The van der Waals surface area contributed by atoms with Gasteiger partial charge in [0, 0.05) is 20.0 Å². The van der Waals surface area contributed by atoms with Crippen molar-refractivity contribution >= 4 is 46.5 Å². The molecule has 2 aromatic rings. The van der Waals surface area contributed by atoms with Crippen molar-refractivity contribution in [3.8, 4) is 5.75 Å². The van der Waals surface area contributed by atoms with Crippen LogP contribution in [0.25, 0.3) is 0 Å². The van der Waals surface area contributed by atoms with Gasteiger partial charge in [0.15, 0.2) is 15.9 Å². The SMILES string of the molecule is CNC(=S)NNC(=O)CSc1c([N+](=O)[O-])nc(C)n1Cc1ccc(OC)c([N+](=O)[O-])c1. The molecule has 13 nitrogen and oxygen atoms in total. The number of nitro groups is 2. The first-order valence-corrected chi connectivity index (χ1v) is 9.99. The van der Waals surface area contributed by atoms with E-state index in [1.807, 2.05) is 0 Å². The lowest BCUT2D eigenvalue weighted by atomic mass is 10.2. The Morgan fingerprint density at radius 1 is 1.29 bits per heavy atom. The molecule has 15 heteroatoms. The number of ether oxygens (including phenoxy) is 1. The number of imidazole rings is 1. The fraction of sp³-hybridized carbons (Fsp3) is 0.312. The van der Waals surface area contributed by atoms with Crippen molar-refractivity contribution in [3.05, 3.63) is 49.8 Å². The summed E-state index contributed by atoms with van der Waals surface area (Å²) in [5.41, 5.74) is 5.11. The molecule has 0 aliphatic carbocycles. The summed E-state index contributed by atoms with van der Waals surface area (Å²) >= 11 is 5.76. The van der Waals surface area contributed by atoms with Crippen LogP contribution in [-0.4, -0.2) is 50.3 Å². The standard InChI is InChI=1S/C16H19N7O6S2/c1-9-18-14(23(27)28)15(31-8-13(24)19-20-16(30)17-2)21(9)7-10-4-5-12(29-3)11(6-10)22(25)26/h4-6H,7-8H2,1-3H3,(H,19,24)(H2,17,20,30). The Balaban J connectivity index is 2.29. The molecule has 0 aliphatic rings. The highest BCUT2D eigenvalue weighted by Gasteiger charge is 2.27. The minimum atomic E-state index is -0.644. The summed E-state index contributed by atoms with van der Waals surface area (Å²) in [6, 6.07) is 4.39. The lowest BCUT2D eigenvalue weighted by molar-refractivity contribution is -0.392. The molecule has 0 fully saturated rings. The van der Waals surface area contributed by atoms with Gasteiger partial charge in [-0.2, -0.15) is 0 Å². The van der Waals surface area contributed by atoms with E-state index in [2.05, 4.69) is 21.2 Å². The van der Waals surface area contributed by atoms with E-state index in [0.717, 1.165) is 11.8 Å². The van der Waals surface area contributed by atoms with Crippen LogP contribution in [0.1, 0.15) is 11.4 Å². The van der Waals surface area contributed by atoms with Crippen molar-refractivity contribution in [2.24, 2.45) is 0 Å². The lowest BCUT2D eigenvalue weighted by Gasteiger charge is -2.11. The minimum absolute atomic E-state index is 0.0730. The van der Waals surface area contributed by atoms with E-state index in [1.54, 1.807) is 20.0 Å². The van der Waals surface area contributed by atoms with Gasteiger partial charge in [-0.15, -0.1) is 0 Å². The number of thioether (sulfide) groups is 1. The van der Waals surface area contributed by atoms with Crippen molar-refractivity contribution < 1.29 is 19.4 Å². The molecule has 1 aromatic carbocycles. The van der Waals surface area contributed by atoms with Gasteiger partial charge in [0.05, 0.1) is 24.3 Å². The summed E-state index contributed by atoms with van der Waals surface area (Å²) in [6.45, 7) is 1.64. The maximum absolute atomic E-state index is 12.0. The molecule has 166 valence electrons. The summed E-state index contributed by atoms with van der Waals surface area (Å²) in [7, 11) is 2.90. The molecule has 0 atom stereocenters. The topological polar surface area (TPSA) is 166 Å². The number of aromatic nitrogens is 2. The van der Waals surface area contributed by atoms with E-state index in [-0.39, 0.29) is 33.9 Å². The van der Waals surface area contributed by atoms with Gasteiger partial charge in [-0.05, 0) is 33.8 Å². The first kappa shape index (κ1) is 23.8. The highest BCUT2D eigenvalue weighted by molar-refractivity contribution is 8.00. The summed E-state index contributed by atoms with van der Waals surface area (Å²) in [5.74, 6) is -0.615. The van der Waals surface area contributed by atoms with Crippen LogP contribution in [0, 0.1) is 27.2 Å². The summed E-state index contributed by atoms with van der Waals surface area (Å²) in [5, 5.41) is 25.7. The van der Waals surface area contributed by atoms with Gasteiger partial charge in [-0.25, -0.2) is 0 Å². The smallest absolute Gasteiger partial charge is 0.396 e. The Hall–Kier alpha value is -3.46. The Kier molecular flexibility index (Phi) is 8.09. The van der Waals surface area contributed by atoms with Crippen LogP contribution in [0.2, 0.25) is 0 Å². The van der Waals surface area contributed by atoms with Crippen molar-refractivity contribution in [2.45, 2.75) is 18.5 Å². The zero-order chi connectivity index (χ0) is 23.1. The lowest BCUT2D eigenvalue weighted by Crippen LogP contribution is -2.46. The fourth-order valence-electron chi connectivity index (χ4n) is 2.49. The van der Waals surface area contributed by atoms with Crippen LogP contribution in [0.5, 0.6) is 5.75 Å². The fourth-order valence-corrected chi connectivity index (χ4v) is 3.49. The second-order valence-electron chi connectivity index (χ2n) is 5.94. The normalized spacial score (nSPS) is 10.3. The molecular formula is C16H19N7O6S2. The number of nitrogens with one attached hydrogen (secondary N) is 3. The van der Waals surface area contributed by atoms with Crippen molar-refractivity contribution in [1.29, 1.82) is 0 Å². The predicted octanol–water partition coefficient (Wildman–Crippen LogP) is 1.28. The van der Waals surface area contributed by atoms with Crippen LogP contribution < -0.4 is 20.9 Å². The molecule has 0 bridgehead atoms. The van der Waals surface area contributed by atoms with Gasteiger partial charge >= 0.3 is 11.5 Å². The van der Waals surface area contributed by atoms with Gasteiger partial charge in [-0.1, -0.05) is 17.8 Å². The molecule has 0 radical (unpaired) electrons. The van der Waals surface area contributed by atoms with Crippen molar-refractivity contribution in [1.82, 2.24) is 25.7 Å². The molecule has 2 rings (SSSR count). The molecule has 0 saturated carbocycles. The van der Waals surface area contributed by atoms with Gasteiger partial charge in [0.1, 0.15) is 0 Å². The van der Waals surface area contributed by atoms with E-state index < -0.39 is 21.6 Å².